The molecule has 3 aromatic rings. The lowest BCUT2D eigenvalue weighted by molar-refractivity contribution is 0.0950. The number of nitrogens with zero attached hydrogens (tertiary/aromatic N) is 3. The van der Waals surface area contributed by atoms with Crippen molar-refractivity contribution in [2.45, 2.75) is 30.3 Å². The van der Waals surface area contributed by atoms with Crippen molar-refractivity contribution in [1.29, 1.82) is 0 Å². The Morgan fingerprint density at radius 2 is 2.21 bits per heavy atom. The summed E-state index contributed by atoms with van der Waals surface area (Å²) in [5.74, 6) is -0.125. The van der Waals surface area contributed by atoms with Crippen LogP contribution in [0.4, 0.5) is 0 Å². The van der Waals surface area contributed by atoms with Gasteiger partial charge in [0.15, 0.2) is 5.65 Å². The molecule has 0 unspecified atom stereocenters. The molecule has 2 heterocycles. The van der Waals surface area contributed by atoms with E-state index in [1.54, 1.807) is 18.0 Å². The lowest BCUT2D eigenvalue weighted by atomic mass is 10.2. The monoisotopic (exact) mass is 338 g/mol. The van der Waals surface area contributed by atoms with E-state index in [9.17, 15) is 4.79 Å². The molecule has 1 N–H and O–H groups in total. The molecule has 1 saturated carbocycles. The minimum atomic E-state index is -0.125. The Balaban J connectivity index is 1.48. The molecule has 2 aromatic heterocycles. The quantitative estimate of drug-likeness (QED) is 0.724. The Morgan fingerprint density at radius 1 is 1.33 bits per heavy atom. The first-order valence-corrected chi connectivity index (χ1v) is 9.21. The zero-order valence-corrected chi connectivity index (χ0v) is 14.2. The molecule has 0 aliphatic heterocycles. The maximum Gasteiger partial charge on any atom is 0.253 e. The fourth-order valence-electron chi connectivity index (χ4n) is 2.73. The summed E-state index contributed by atoms with van der Waals surface area (Å²) in [5.41, 5.74) is 3.27. The zero-order chi connectivity index (χ0) is 16.5. The van der Waals surface area contributed by atoms with Gasteiger partial charge in [-0.3, -0.25) is 4.79 Å². The van der Waals surface area contributed by atoms with Gasteiger partial charge in [0.2, 0.25) is 0 Å². The molecule has 0 spiro atoms. The van der Waals surface area contributed by atoms with Crippen LogP contribution in [0.3, 0.4) is 0 Å². The number of hydrogen-bond donors (Lipinski definition) is 1. The van der Waals surface area contributed by atoms with E-state index in [0.717, 1.165) is 16.7 Å². The number of benzene rings is 1. The Labute approximate surface area is 144 Å². The molecule has 0 radical (unpaired) electrons. The van der Waals surface area contributed by atoms with Crippen LogP contribution in [-0.2, 0) is 6.54 Å². The van der Waals surface area contributed by atoms with Gasteiger partial charge in [0, 0.05) is 23.7 Å². The highest BCUT2D eigenvalue weighted by molar-refractivity contribution is 7.98. The van der Waals surface area contributed by atoms with Gasteiger partial charge in [-0.2, -0.15) is 0 Å². The molecule has 4 rings (SSSR count). The van der Waals surface area contributed by atoms with Crippen LogP contribution in [0.1, 0.15) is 34.8 Å². The largest absolute Gasteiger partial charge is 0.348 e. The van der Waals surface area contributed by atoms with Crippen molar-refractivity contribution in [2.24, 2.45) is 0 Å². The number of imidazole rings is 1. The highest BCUT2D eigenvalue weighted by atomic mass is 32.2. The second kappa shape index (κ2) is 6.28. The third kappa shape index (κ3) is 3.01. The Morgan fingerprint density at radius 3 is 3.00 bits per heavy atom. The predicted octanol–water partition coefficient (Wildman–Crippen LogP) is 3.42. The molecule has 1 aliphatic carbocycles. The number of aromatic nitrogens is 3. The van der Waals surface area contributed by atoms with Crippen LogP contribution < -0.4 is 5.32 Å². The first-order chi connectivity index (χ1) is 11.7. The molecular formula is C18H18N4OS. The van der Waals surface area contributed by atoms with E-state index in [2.05, 4.69) is 32.0 Å². The molecule has 1 aromatic carbocycles. The van der Waals surface area contributed by atoms with E-state index in [-0.39, 0.29) is 5.91 Å². The van der Waals surface area contributed by atoms with Gasteiger partial charge in [-0.15, -0.1) is 11.8 Å². The highest BCUT2D eigenvalue weighted by Crippen LogP contribution is 2.36. The summed E-state index contributed by atoms with van der Waals surface area (Å²) in [5, 5.41) is 2.95. The average molecular weight is 338 g/mol. The van der Waals surface area contributed by atoms with Crippen molar-refractivity contribution in [3.63, 3.8) is 0 Å². The molecule has 1 fully saturated rings. The Hall–Kier alpha value is -2.34. The fraction of sp³-hybridized carbons (Fsp3) is 0.278. The number of amides is 1. The summed E-state index contributed by atoms with van der Waals surface area (Å²) in [6, 6.07) is 10.5. The molecule has 0 bridgehead atoms. The second-order valence-corrected chi connectivity index (χ2v) is 6.86. The van der Waals surface area contributed by atoms with Crippen LogP contribution in [0.2, 0.25) is 0 Å². The molecular weight excluding hydrogens is 320 g/mol. The number of thioether (sulfide) groups is 1. The molecule has 5 nitrogen and oxygen atoms in total. The number of carbonyl (C=O) groups excluding carboxylic acids is 1. The first kappa shape index (κ1) is 15.2. The number of nitrogens with one attached hydrogen (secondary N) is 1. The minimum Gasteiger partial charge on any atom is -0.348 e. The standard InChI is InChI=1S/C18H18N4OS/c1-24-15-4-2-3-12(7-15)9-20-18(23)13-8-16-17(19-10-13)22(11-21-16)14-5-6-14/h2-4,7-8,10-11,14H,5-6,9H2,1H3,(H,20,23). The minimum absolute atomic E-state index is 0.125. The van der Waals surface area contributed by atoms with Crippen LogP contribution in [0.15, 0.2) is 47.8 Å². The van der Waals surface area contributed by atoms with Gasteiger partial charge < -0.3 is 9.88 Å². The maximum absolute atomic E-state index is 12.4. The lowest BCUT2D eigenvalue weighted by Gasteiger charge is -2.07. The summed E-state index contributed by atoms with van der Waals surface area (Å²) in [6.45, 7) is 0.502. The van der Waals surface area contributed by atoms with Gasteiger partial charge in [0.25, 0.3) is 5.91 Å². The molecule has 0 saturated heterocycles. The van der Waals surface area contributed by atoms with Crippen molar-refractivity contribution in [1.82, 2.24) is 19.9 Å². The van der Waals surface area contributed by atoms with Crippen molar-refractivity contribution in [3.05, 3.63) is 54.0 Å². The van der Waals surface area contributed by atoms with Gasteiger partial charge in [-0.05, 0) is 42.9 Å². The second-order valence-electron chi connectivity index (χ2n) is 5.98. The Kier molecular flexibility index (Phi) is 3.98. The fourth-order valence-corrected chi connectivity index (χ4v) is 3.21. The summed E-state index contributed by atoms with van der Waals surface area (Å²) in [7, 11) is 0. The van der Waals surface area contributed by atoms with Gasteiger partial charge >= 0.3 is 0 Å². The number of rotatable bonds is 5. The van der Waals surface area contributed by atoms with E-state index in [1.807, 2.05) is 30.8 Å². The van der Waals surface area contributed by atoms with Gasteiger partial charge in [0.1, 0.15) is 5.52 Å². The number of hydrogen-bond acceptors (Lipinski definition) is 4. The summed E-state index contributed by atoms with van der Waals surface area (Å²) < 4.78 is 2.10. The molecule has 1 amide bonds. The number of fused-ring (bicyclic) bond motifs is 1. The third-order valence-corrected chi connectivity index (χ3v) is 4.93. The molecule has 0 atom stereocenters. The zero-order valence-electron chi connectivity index (χ0n) is 13.4. The summed E-state index contributed by atoms with van der Waals surface area (Å²) in [6.07, 6.45) is 7.87. The average Bonchev–Trinajstić information content (AvgIpc) is 3.38. The van der Waals surface area contributed by atoms with Crippen LogP contribution >= 0.6 is 11.8 Å². The SMILES string of the molecule is CSc1cccc(CNC(=O)c2cnc3c(c2)ncn3C2CC2)c1. The van der Waals surface area contributed by atoms with Crippen LogP contribution in [0.25, 0.3) is 11.2 Å². The van der Waals surface area contributed by atoms with Crippen LogP contribution in [-0.4, -0.2) is 26.7 Å². The van der Waals surface area contributed by atoms with E-state index in [1.165, 1.54) is 17.7 Å². The molecule has 6 heteroatoms. The van der Waals surface area contributed by atoms with Gasteiger partial charge in [-0.25, -0.2) is 9.97 Å². The van der Waals surface area contributed by atoms with Crippen molar-refractivity contribution in [2.75, 3.05) is 6.26 Å². The first-order valence-electron chi connectivity index (χ1n) is 7.98. The van der Waals surface area contributed by atoms with E-state index in [0.29, 0.717) is 18.2 Å². The lowest BCUT2D eigenvalue weighted by Crippen LogP contribution is -2.23. The van der Waals surface area contributed by atoms with Crippen molar-refractivity contribution in [3.8, 4) is 0 Å². The Bertz CT molecular complexity index is 901. The van der Waals surface area contributed by atoms with Crippen molar-refractivity contribution < 1.29 is 4.79 Å². The van der Waals surface area contributed by atoms with Gasteiger partial charge in [0.05, 0.1) is 11.9 Å². The number of pyridine rings is 1. The maximum atomic E-state index is 12.4. The van der Waals surface area contributed by atoms with E-state index < -0.39 is 0 Å². The van der Waals surface area contributed by atoms with E-state index in [4.69, 9.17) is 0 Å². The molecule has 1 aliphatic rings. The highest BCUT2D eigenvalue weighted by Gasteiger charge is 2.25. The normalized spacial score (nSPS) is 14.0. The molecule has 24 heavy (non-hydrogen) atoms. The third-order valence-electron chi connectivity index (χ3n) is 4.20. The van der Waals surface area contributed by atoms with Crippen molar-refractivity contribution >= 4 is 28.8 Å². The van der Waals surface area contributed by atoms with Gasteiger partial charge in [-0.1, -0.05) is 12.1 Å². The topological polar surface area (TPSA) is 59.8 Å². The van der Waals surface area contributed by atoms with Crippen LogP contribution in [0.5, 0.6) is 0 Å². The number of carbonyl (C=O) groups is 1. The smallest absolute Gasteiger partial charge is 0.253 e. The summed E-state index contributed by atoms with van der Waals surface area (Å²) in [4.78, 5) is 22.4. The molecule has 122 valence electrons. The van der Waals surface area contributed by atoms with E-state index >= 15 is 0 Å². The summed E-state index contributed by atoms with van der Waals surface area (Å²) >= 11 is 1.69. The predicted molar refractivity (Wildman–Crippen MR) is 95.2 cm³/mol. The van der Waals surface area contributed by atoms with Crippen LogP contribution in [0, 0.1) is 0 Å².